The number of nitrogens with one attached hydrogen (secondary N) is 1. The van der Waals surface area contributed by atoms with Crippen LogP contribution in [-0.2, 0) is 0 Å². The topological polar surface area (TPSA) is 76.6 Å². The lowest BCUT2D eigenvalue weighted by Crippen LogP contribution is -2.32. The fourth-order valence-electron chi connectivity index (χ4n) is 3.05. The normalized spacial score (nSPS) is 15.9. The highest BCUT2D eigenvalue weighted by Crippen LogP contribution is 2.19. The maximum Gasteiger partial charge on any atom is 0.286 e. The van der Waals surface area contributed by atoms with Crippen molar-refractivity contribution in [3.8, 4) is 0 Å². The fourth-order valence-corrected chi connectivity index (χ4v) is 3.05. The molecule has 1 aliphatic rings. The van der Waals surface area contributed by atoms with Crippen LogP contribution in [0.5, 0.6) is 0 Å². The van der Waals surface area contributed by atoms with E-state index in [0.29, 0.717) is 11.5 Å². The van der Waals surface area contributed by atoms with Crippen molar-refractivity contribution >= 4 is 11.8 Å². The predicted molar refractivity (Wildman–Crippen MR) is 93.2 cm³/mol. The fraction of sp³-hybridized carbons (Fsp3) is 0.421. The Morgan fingerprint density at radius 3 is 2.76 bits per heavy atom. The molecule has 1 aliphatic carbocycles. The van der Waals surface area contributed by atoms with Gasteiger partial charge in [0.1, 0.15) is 5.49 Å². The maximum absolute atomic E-state index is 12.5. The Hall–Kier alpha value is -2.63. The van der Waals surface area contributed by atoms with Crippen LogP contribution >= 0.6 is 0 Å². The van der Waals surface area contributed by atoms with Crippen molar-refractivity contribution in [3.05, 3.63) is 54.0 Å². The monoisotopic (exact) mass is 341 g/mol. The van der Waals surface area contributed by atoms with Crippen LogP contribution < -0.4 is 10.8 Å². The van der Waals surface area contributed by atoms with Crippen molar-refractivity contribution in [3.63, 3.8) is 0 Å². The molecule has 25 heavy (non-hydrogen) atoms. The third kappa shape index (κ3) is 4.68. The first kappa shape index (κ1) is 17.2. The van der Waals surface area contributed by atoms with Crippen LogP contribution in [0.2, 0.25) is 0 Å². The van der Waals surface area contributed by atoms with Gasteiger partial charge in [-0.05, 0) is 37.1 Å². The summed E-state index contributed by atoms with van der Waals surface area (Å²) in [7, 11) is 0. The molecule has 0 atom stereocenters. The van der Waals surface area contributed by atoms with Crippen LogP contribution in [0.3, 0.4) is 0 Å². The number of pyridine rings is 1. The van der Waals surface area contributed by atoms with Gasteiger partial charge in [-0.3, -0.25) is 19.1 Å². The van der Waals surface area contributed by atoms with Crippen molar-refractivity contribution in [1.29, 1.82) is 0 Å². The van der Waals surface area contributed by atoms with Gasteiger partial charge < -0.3 is 9.73 Å². The Morgan fingerprint density at radius 1 is 1.16 bits per heavy atom. The number of hydrogen-bond acceptors (Lipinski definition) is 4. The van der Waals surface area contributed by atoms with E-state index in [1.165, 1.54) is 25.5 Å². The summed E-state index contributed by atoms with van der Waals surface area (Å²) < 4.78 is 6.60. The zero-order valence-corrected chi connectivity index (χ0v) is 14.2. The molecule has 0 aromatic carbocycles. The number of carbonyl (C=O) groups is 2. The number of amides is 1. The average Bonchev–Trinajstić information content (AvgIpc) is 3.18. The molecule has 1 N–H and O–H groups in total. The molecule has 0 bridgehead atoms. The molecule has 2 aromatic heterocycles. The Morgan fingerprint density at radius 2 is 2.00 bits per heavy atom. The summed E-state index contributed by atoms with van der Waals surface area (Å²) in [5.41, 5.74) is 0.691. The van der Waals surface area contributed by atoms with Crippen LogP contribution in [0.15, 0.2) is 52.2 Å². The van der Waals surface area contributed by atoms with Gasteiger partial charge in [-0.2, -0.15) is 0 Å². The van der Waals surface area contributed by atoms with E-state index in [0.717, 1.165) is 12.8 Å². The van der Waals surface area contributed by atoms with Crippen LogP contribution in [0.1, 0.15) is 53.9 Å². The van der Waals surface area contributed by atoms with Crippen molar-refractivity contribution in [2.45, 2.75) is 44.6 Å². The molecule has 0 saturated heterocycles. The number of nitrogens with zero attached hydrogens (tertiary/aromatic N) is 2. The highest BCUT2D eigenvalue weighted by atomic mass is 16.3. The van der Waals surface area contributed by atoms with Gasteiger partial charge in [-0.1, -0.05) is 25.3 Å². The van der Waals surface area contributed by atoms with Gasteiger partial charge in [0.25, 0.3) is 5.91 Å². The summed E-state index contributed by atoms with van der Waals surface area (Å²) in [6.07, 6.45) is 9.23. The van der Waals surface area contributed by atoms with Crippen molar-refractivity contribution < 1.29 is 14.0 Å². The number of furan rings is 1. The minimum atomic E-state index is -0.317. The van der Waals surface area contributed by atoms with E-state index >= 15 is 0 Å². The number of hydrogen-bond donors (Lipinski definition) is 1. The lowest BCUT2D eigenvalue weighted by molar-refractivity contribution is 0.0882. The van der Waals surface area contributed by atoms with Crippen molar-refractivity contribution in [1.82, 2.24) is 9.88 Å². The highest BCUT2D eigenvalue weighted by molar-refractivity contribution is 5.91. The Balaban J connectivity index is 1.62. The quantitative estimate of drug-likeness (QED) is 0.908. The summed E-state index contributed by atoms with van der Waals surface area (Å²) in [5.74, 6) is -0.161. The molecule has 0 unspecified atom stereocenters. The molecule has 132 valence electrons. The van der Waals surface area contributed by atoms with Crippen LogP contribution in [0.25, 0.3) is 0 Å². The van der Waals surface area contributed by atoms with Crippen molar-refractivity contribution in [2.24, 2.45) is 4.99 Å². The molecule has 0 radical (unpaired) electrons. The molecule has 1 saturated carbocycles. The van der Waals surface area contributed by atoms with Crippen molar-refractivity contribution in [2.75, 3.05) is 6.54 Å². The molecule has 1 fully saturated rings. The lowest BCUT2D eigenvalue weighted by atomic mass is 9.96. The van der Waals surface area contributed by atoms with Gasteiger partial charge >= 0.3 is 0 Å². The molecule has 1 amide bonds. The third-order valence-corrected chi connectivity index (χ3v) is 4.37. The first-order valence-electron chi connectivity index (χ1n) is 8.80. The first-order valence-corrected chi connectivity index (χ1v) is 8.80. The van der Waals surface area contributed by atoms with E-state index in [9.17, 15) is 9.59 Å². The second-order valence-corrected chi connectivity index (χ2v) is 6.23. The van der Waals surface area contributed by atoms with Crippen LogP contribution in [0, 0.1) is 0 Å². The average molecular weight is 341 g/mol. The zero-order chi connectivity index (χ0) is 17.5. The van der Waals surface area contributed by atoms with Gasteiger partial charge in [0.2, 0.25) is 5.91 Å². The zero-order valence-electron chi connectivity index (χ0n) is 14.2. The number of aromatic nitrogens is 1. The molecule has 2 aromatic rings. The van der Waals surface area contributed by atoms with E-state index in [2.05, 4.69) is 5.32 Å². The Kier molecular flexibility index (Phi) is 5.82. The summed E-state index contributed by atoms with van der Waals surface area (Å²) in [5, 5.41) is 2.69. The molecule has 3 rings (SSSR count). The molecular formula is C19H23N3O3. The Labute approximate surface area is 146 Å². The molecule has 2 heterocycles. The summed E-state index contributed by atoms with van der Waals surface area (Å²) >= 11 is 0. The van der Waals surface area contributed by atoms with Gasteiger partial charge in [0.05, 0.1) is 12.3 Å². The smallest absolute Gasteiger partial charge is 0.286 e. The minimum Gasteiger partial charge on any atom is -0.459 e. The van der Waals surface area contributed by atoms with E-state index in [1.54, 1.807) is 22.9 Å². The van der Waals surface area contributed by atoms with Gasteiger partial charge in [-0.25, -0.2) is 0 Å². The molecule has 6 nitrogen and oxygen atoms in total. The second-order valence-electron chi connectivity index (χ2n) is 6.23. The van der Waals surface area contributed by atoms with E-state index in [1.807, 2.05) is 18.2 Å². The summed E-state index contributed by atoms with van der Waals surface area (Å²) in [6.45, 7) is 0.253. The second kappa shape index (κ2) is 8.46. The van der Waals surface area contributed by atoms with Crippen LogP contribution in [-0.4, -0.2) is 29.0 Å². The molecule has 0 spiro atoms. The molecular weight excluding hydrogens is 318 g/mol. The van der Waals surface area contributed by atoms with Gasteiger partial charge in [-0.15, -0.1) is 0 Å². The largest absolute Gasteiger partial charge is 0.459 e. The number of rotatable bonds is 5. The highest BCUT2D eigenvalue weighted by Gasteiger charge is 2.13. The summed E-state index contributed by atoms with van der Waals surface area (Å²) in [4.78, 5) is 29.1. The summed E-state index contributed by atoms with van der Waals surface area (Å²) in [6, 6.07) is 9.12. The minimum absolute atomic E-state index is 0.0881. The first-order chi connectivity index (χ1) is 12.2. The van der Waals surface area contributed by atoms with Crippen LogP contribution in [0.4, 0.5) is 0 Å². The van der Waals surface area contributed by atoms with Gasteiger partial charge in [0, 0.05) is 19.2 Å². The van der Waals surface area contributed by atoms with E-state index < -0.39 is 0 Å². The SMILES string of the molecule is O=C(NCCC(=O)n1ccccc1=NC1CCCCC1)c1ccco1. The maximum atomic E-state index is 12.5. The molecule has 0 aliphatic heterocycles. The lowest BCUT2D eigenvalue weighted by Gasteiger charge is -2.17. The standard InChI is InChI=1S/C19H23N3O3/c23-18(11-12-20-19(24)16-9-6-14-25-16)22-13-5-4-10-17(22)21-15-7-2-1-3-8-15/h4-6,9-10,13-15H,1-3,7-8,11-12H2,(H,20,24). The molecule has 6 heteroatoms. The third-order valence-electron chi connectivity index (χ3n) is 4.37. The Bertz CT molecular complexity index is 771. The number of carbonyl (C=O) groups excluding carboxylic acids is 2. The van der Waals surface area contributed by atoms with E-state index in [4.69, 9.17) is 9.41 Å². The van der Waals surface area contributed by atoms with E-state index in [-0.39, 0.29) is 30.5 Å². The van der Waals surface area contributed by atoms with Gasteiger partial charge in [0.15, 0.2) is 5.76 Å². The predicted octanol–water partition coefficient (Wildman–Crippen LogP) is 2.77.